The number of fused-ring (bicyclic) bond motifs is 1. The third-order valence-corrected chi connectivity index (χ3v) is 7.59. The Kier molecular flexibility index (Phi) is 5.61. The topological polar surface area (TPSA) is 55.9 Å². The van der Waals surface area contributed by atoms with Crippen molar-refractivity contribution >= 4 is 35.0 Å². The summed E-state index contributed by atoms with van der Waals surface area (Å²) in [6.07, 6.45) is 4.07. The molecule has 0 bridgehead atoms. The van der Waals surface area contributed by atoms with Gasteiger partial charge < -0.3 is 20.0 Å². The summed E-state index contributed by atoms with van der Waals surface area (Å²) in [6.45, 7) is 2.60. The summed E-state index contributed by atoms with van der Waals surface area (Å²) in [4.78, 5) is 32.3. The molecule has 1 fully saturated rings. The average Bonchev–Trinajstić information content (AvgIpc) is 3.05. The third kappa shape index (κ3) is 3.88. The van der Waals surface area contributed by atoms with Crippen LogP contribution in [0.3, 0.4) is 0 Å². The number of hydrogen-bond donors (Lipinski definition) is 1. The van der Waals surface area contributed by atoms with E-state index in [0.29, 0.717) is 12.1 Å². The molecule has 6 rings (SSSR count). The van der Waals surface area contributed by atoms with Crippen LogP contribution in [-0.2, 0) is 6.54 Å². The van der Waals surface area contributed by atoms with Gasteiger partial charge in [-0.2, -0.15) is 0 Å². The second-order valence-electron chi connectivity index (χ2n) is 9.99. The lowest BCUT2D eigenvalue weighted by atomic mass is 10.0. The first-order valence-electron chi connectivity index (χ1n) is 12.6. The number of anilines is 2. The van der Waals surface area contributed by atoms with Crippen molar-refractivity contribution in [2.24, 2.45) is 0 Å². The molecule has 0 radical (unpaired) electrons. The quantitative estimate of drug-likeness (QED) is 0.588. The summed E-state index contributed by atoms with van der Waals surface area (Å²) >= 11 is 0. The minimum absolute atomic E-state index is 0.0144. The number of amides is 2. The van der Waals surface area contributed by atoms with E-state index in [1.54, 1.807) is 4.90 Å². The highest BCUT2D eigenvalue weighted by Crippen LogP contribution is 2.46. The molecular weight excluding hydrogens is 448 g/mol. The molecule has 3 aliphatic heterocycles. The molecule has 0 unspecified atom stereocenters. The third-order valence-electron chi connectivity index (χ3n) is 7.59. The van der Waals surface area contributed by atoms with Crippen LogP contribution >= 0.6 is 0 Å². The van der Waals surface area contributed by atoms with Crippen LogP contribution in [0.25, 0.3) is 11.8 Å². The van der Waals surface area contributed by atoms with Gasteiger partial charge in [0.25, 0.3) is 11.8 Å². The first-order chi connectivity index (χ1) is 17.5. The van der Waals surface area contributed by atoms with Gasteiger partial charge in [0.2, 0.25) is 0 Å². The SMILES string of the molecule is CN1CCC(NC(=O)c2cccc(CN3c4ccccc4C=C4c5c(cccc53)C(=O)N4C)c2)CC1. The molecule has 0 atom stereocenters. The van der Waals surface area contributed by atoms with Gasteiger partial charge in [-0.1, -0.05) is 36.4 Å². The Morgan fingerprint density at radius 2 is 1.69 bits per heavy atom. The monoisotopic (exact) mass is 478 g/mol. The van der Waals surface area contributed by atoms with Gasteiger partial charge in [0.05, 0.1) is 16.9 Å². The van der Waals surface area contributed by atoms with Crippen LogP contribution in [-0.4, -0.2) is 54.8 Å². The molecule has 3 aliphatic rings. The summed E-state index contributed by atoms with van der Waals surface area (Å²) in [6, 6.07) is 22.3. The maximum absolute atomic E-state index is 13.1. The second-order valence-corrected chi connectivity index (χ2v) is 9.99. The van der Waals surface area contributed by atoms with Gasteiger partial charge >= 0.3 is 0 Å². The number of likely N-dealkylation sites (tertiary alicyclic amines) is 1. The van der Waals surface area contributed by atoms with Crippen molar-refractivity contribution in [1.82, 2.24) is 15.1 Å². The lowest BCUT2D eigenvalue weighted by Gasteiger charge is -2.29. The molecule has 0 aromatic heterocycles. The zero-order valence-corrected chi connectivity index (χ0v) is 20.7. The highest BCUT2D eigenvalue weighted by atomic mass is 16.2. The normalized spacial score (nSPS) is 17.4. The summed E-state index contributed by atoms with van der Waals surface area (Å²) in [5, 5.41) is 3.23. The number of hydrogen-bond acceptors (Lipinski definition) is 4. The largest absolute Gasteiger partial charge is 0.349 e. The minimum atomic E-state index is -0.0144. The smallest absolute Gasteiger partial charge is 0.258 e. The van der Waals surface area contributed by atoms with E-state index in [4.69, 9.17) is 0 Å². The van der Waals surface area contributed by atoms with Crippen LogP contribution in [0.4, 0.5) is 11.4 Å². The number of carbonyl (C=O) groups is 2. The molecule has 6 nitrogen and oxygen atoms in total. The number of benzene rings is 3. The molecule has 3 aromatic rings. The van der Waals surface area contributed by atoms with Crippen LogP contribution in [0.1, 0.15) is 50.2 Å². The molecule has 3 heterocycles. The number of piperidine rings is 1. The van der Waals surface area contributed by atoms with Gasteiger partial charge in [0, 0.05) is 42.0 Å². The predicted octanol–water partition coefficient (Wildman–Crippen LogP) is 4.75. The Hall–Kier alpha value is -3.90. The molecule has 0 aliphatic carbocycles. The van der Waals surface area contributed by atoms with Crippen molar-refractivity contribution < 1.29 is 9.59 Å². The van der Waals surface area contributed by atoms with E-state index in [0.717, 1.165) is 65.3 Å². The van der Waals surface area contributed by atoms with Crippen LogP contribution in [0.15, 0.2) is 66.7 Å². The molecule has 0 saturated carbocycles. The maximum Gasteiger partial charge on any atom is 0.258 e. The fraction of sp³-hybridized carbons (Fsp3) is 0.267. The second kappa shape index (κ2) is 8.95. The zero-order valence-electron chi connectivity index (χ0n) is 20.7. The Labute approximate surface area is 211 Å². The lowest BCUT2D eigenvalue weighted by molar-refractivity contribution is 0.0873. The Morgan fingerprint density at radius 3 is 2.53 bits per heavy atom. The van der Waals surface area contributed by atoms with E-state index in [2.05, 4.69) is 52.5 Å². The molecule has 1 N–H and O–H groups in total. The van der Waals surface area contributed by atoms with Crippen LogP contribution in [0, 0.1) is 0 Å². The van der Waals surface area contributed by atoms with Crippen molar-refractivity contribution in [3.63, 3.8) is 0 Å². The number of nitrogens with one attached hydrogen (secondary N) is 1. The van der Waals surface area contributed by atoms with E-state index >= 15 is 0 Å². The van der Waals surface area contributed by atoms with Gasteiger partial charge in [-0.05, 0) is 75.0 Å². The van der Waals surface area contributed by atoms with Crippen molar-refractivity contribution in [3.05, 3.63) is 94.5 Å². The van der Waals surface area contributed by atoms with Gasteiger partial charge in [-0.25, -0.2) is 0 Å². The number of rotatable bonds is 4. The van der Waals surface area contributed by atoms with Gasteiger partial charge in [-0.15, -0.1) is 0 Å². The fourth-order valence-corrected chi connectivity index (χ4v) is 5.56. The van der Waals surface area contributed by atoms with Gasteiger partial charge in [0.15, 0.2) is 0 Å². The zero-order chi connectivity index (χ0) is 24.8. The Balaban J connectivity index is 1.34. The molecule has 2 amide bonds. The van der Waals surface area contributed by atoms with E-state index < -0.39 is 0 Å². The summed E-state index contributed by atoms with van der Waals surface area (Å²) < 4.78 is 0. The summed E-state index contributed by atoms with van der Waals surface area (Å²) in [5.74, 6) is 0.00412. The van der Waals surface area contributed by atoms with E-state index in [1.165, 1.54) is 0 Å². The Morgan fingerprint density at radius 1 is 0.944 bits per heavy atom. The van der Waals surface area contributed by atoms with Gasteiger partial charge in [-0.3, -0.25) is 9.59 Å². The average molecular weight is 479 g/mol. The van der Waals surface area contributed by atoms with Crippen LogP contribution in [0.5, 0.6) is 0 Å². The molecule has 6 heteroatoms. The Bertz CT molecular complexity index is 1390. The van der Waals surface area contributed by atoms with Crippen molar-refractivity contribution in [2.45, 2.75) is 25.4 Å². The minimum Gasteiger partial charge on any atom is -0.349 e. The maximum atomic E-state index is 13.1. The van der Waals surface area contributed by atoms with Crippen molar-refractivity contribution in [3.8, 4) is 0 Å². The molecule has 1 saturated heterocycles. The first-order valence-corrected chi connectivity index (χ1v) is 12.6. The molecule has 36 heavy (non-hydrogen) atoms. The van der Waals surface area contributed by atoms with Gasteiger partial charge in [0.1, 0.15) is 0 Å². The standard InChI is InChI=1S/C30H30N4O2/c1-32-15-13-23(14-16-32)31-29(35)22-9-5-7-20(17-22)19-34-25-11-4-3-8-21(25)18-27-28-24(30(36)33(27)2)10-6-12-26(28)34/h3-12,17-18,23H,13-16,19H2,1-2H3,(H,31,35). The molecule has 3 aromatic carbocycles. The van der Waals surface area contributed by atoms with Crippen molar-refractivity contribution in [2.75, 3.05) is 32.1 Å². The summed E-state index contributed by atoms with van der Waals surface area (Å²) in [5.41, 5.74) is 7.49. The van der Waals surface area contributed by atoms with E-state index in [9.17, 15) is 9.59 Å². The molecule has 0 spiro atoms. The first kappa shape index (κ1) is 22.6. The highest BCUT2D eigenvalue weighted by Gasteiger charge is 2.35. The van der Waals surface area contributed by atoms with Crippen LogP contribution < -0.4 is 10.2 Å². The molecule has 182 valence electrons. The van der Waals surface area contributed by atoms with Crippen molar-refractivity contribution in [1.29, 1.82) is 0 Å². The molecular formula is C30H30N4O2. The van der Waals surface area contributed by atoms with E-state index in [1.807, 2.05) is 49.5 Å². The van der Waals surface area contributed by atoms with Crippen LogP contribution in [0.2, 0.25) is 0 Å². The number of nitrogens with zero attached hydrogens (tertiary/aromatic N) is 3. The predicted molar refractivity (Wildman–Crippen MR) is 143 cm³/mol. The lowest BCUT2D eigenvalue weighted by Crippen LogP contribution is -2.43. The highest BCUT2D eigenvalue weighted by molar-refractivity contribution is 6.15. The van der Waals surface area contributed by atoms with E-state index in [-0.39, 0.29) is 17.9 Å². The number of para-hydroxylation sites is 1. The number of carbonyl (C=O) groups excluding carboxylic acids is 2. The summed E-state index contributed by atoms with van der Waals surface area (Å²) in [7, 11) is 3.96. The fourth-order valence-electron chi connectivity index (χ4n) is 5.56.